The van der Waals surface area contributed by atoms with Crippen LogP contribution in [0.4, 0.5) is 0 Å². The van der Waals surface area contributed by atoms with Crippen LogP contribution in [-0.2, 0) is 27.4 Å². The molecule has 4 nitrogen and oxygen atoms in total. The third kappa shape index (κ3) is 7.81. The Morgan fingerprint density at radius 3 is 1.85 bits per heavy atom. The van der Waals surface area contributed by atoms with Gasteiger partial charge < -0.3 is 9.47 Å². The van der Waals surface area contributed by atoms with Crippen molar-refractivity contribution >= 4 is 5.97 Å². The van der Waals surface area contributed by atoms with Gasteiger partial charge in [-0.15, -0.1) is 0 Å². The lowest BCUT2D eigenvalue weighted by Crippen LogP contribution is -2.40. The lowest BCUT2D eigenvalue weighted by Gasteiger charge is -2.33. The number of rotatable bonds is 10. The maximum Gasteiger partial charge on any atom is 0.302 e. The SMILES string of the molecule is CC(=O)OCCOC(C)(C)CN(Cc1ccccc1)Cc1ccccc1. The Morgan fingerprint density at radius 1 is 0.885 bits per heavy atom. The van der Waals surface area contributed by atoms with Crippen LogP contribution in [-0.4, -0.2) is 36.2 Å². The van der Waals surface area contributed by atoms with Gasteiger partial charge in [0.1, 0.15) is 6.61 Å². The largest absolute Gasteiger partial charge is 0.463 e. The molecule has 2 rings (SSSR count). The summed E-state index contributed by atoms with van der Waals surface area (Å²) in [5.74, 6) is -0.277. The summed E-state index contributed by atoms with van der Waals surface area (Å²) in [6.45, 7) is 8.73. The molecule has 0 spiro atoms. The Hall–Kier alpha value is -2.17. The molecule has 140 valence electrons. The predicted octanol–water partition coefficient (Wildman–Crippen LogP) is 4.05. The summed E-state index contributed by atoms with van der Waals surface area (Å²) in [6.07, 6.45) is 0. The molecule has 0 aliphatic rings. The molecule has 0 atom stereocenters. The molecule has 0 N–H and O–H groups in total. The third-order valence-corrected chi connectivity index (χ3v) is 3.98. The second-order valence-electron chi connectivity index (χ2n) is 7.06. The summed E-state index contributed by atoms with van der Waals surface area (Å²) >= 11 is 0. The summed E-state index contributed by atoms with van der Waals surface area (Å²) in [7, 11) is 0. The number of esters is 1. The van der Waals surface area contributed by atoms with Gasteiger partial charge in [-0.1, -0.05) is 60.7 Å². The molecule has 26 heavy (non-hydrogen) atoms. The molecule has 0 unspecified atom stereocenters. The van der Waals surface area contributed by atoms with Crippen LogP contribution in [0.2, 0.25) is 0 Å². The Balaban J connectivity index is 1.98. The summed E-state index contributed by atoms with van der Waals surface area (Å²) in [5, 5.41) is 0. The van der Waals surface area contributed by atoms with E-state index in [1.165, 1.54) is 18.1 Å². The number of nitrogens with zero attached hydrogens (tertiary/aromatic N) is 1. The van der Waals surface area contributed by atoms with Crippen LogP contribution in [0.1, 0.15) is 31.9 Å². The zero-order valence-electron chi connectivity index (χ0n) is 16.0. The monoisotopic (exact) mass is 355 g/mol. The van der Waals surface area contributed by atoms with Gasteiger partial charge in [-0.3, -0.25) is 9.69 Å². The van der Waals surface area contributed by atoms with Crippen molar-refractivity contribution in [3.63, 3.8) is 0 Å². The van der Waals surface area contributed by atoms with Crippen molar-refractivity contribution in [2.24, 2.45) is 0 Å². The van der Waals surface area contributed by atoms with Crippen molar-refractivity contribution in [1.82, 2.24) is 4.90 Å². The minimum absolute atomic E-state index is 0.277. The number of carbonyl (C=O) groups is 1. The van der Waals surface area contributed by atoms with Gasteiger partial charge in [-0.25, -0.2) is 0 Å². The van der Waals surface area contributed by atoms with E-state index < -0.39 is 0 Å². The molecule has 0 fully saturated rings. The second kappa shape index (κ2) is 10.1. The molecule has 0 radical (unpaired) electrons. The second-order valence-corrected chi connectivity index (χ2v) is 7.06. The zero-order chi connectivity index (χ0) is 18.8. The fraction of sp³-hybridized carbons (Fsp3) is 0.409. The molecule has 2 aromatic carbocycles. The number of benzene rings is 2. The van der Waals surface area contributed by atoms with E-state index in [-0.39, 0.29) is 18.2 Å². The number of hydrogen-bond donors (Lipinski definition) is 0. The van der Waals surface area contributed by atoms with E-state index in [9.17, 15) is 4.79 Å². The third-order valence-electron chi connectivity index (χ3n) is 3.98. The summed E-state index contributed by atoms with van der Waals surface area (Å²) in [4.78, 5) is 13.3. The molecule has 0 amide bonds. The van der Waals surface area contributed by atoms with Gasteiger partial charge in [0, 0.05) is 26.6 Å². The molecule has 0 heterocycles. The van der Waals surface area contributed by atoms with E-state index in [0.29, 0.717) is 6.61 Å². The van der Waals surface area contributed by atoms with Gasteiger partial charge in [0.25, 0.3) is 0 Å². The van der Waals surface area contributed by atoms with Crippen LogP contribution in [0, 0.1) is 0 Å². The predicted molar refractivity (Wildman–Crippen MR) is 104 cm³/mol. The van der Waals surface area contributed by atoms with Crippen molar-refractivity contribution < 1.29 is 14.3 Å². The average Bonchev–Trinajstić information content (AvgIpc) is 2.60. The van der Waals surface area contributed by atoms with Gasteiger partial charge in [0.05, 0.1) is 12.2 Å². The smallest absolute Gasteiger partial charge is 0.302 e. The van der Waals surface area contributed by atoms with E-state index in [2.05, 4.69) is 67.3 Å². The van der Waals surface area contributed by atoms with Crippen LogP contribution < -0.4 is 0 Å². The van der Waals surface area contributed by atoms with Gasteiger partial charge in [0.15, 0.2) is 0 Å². The Kier molecular flexibility index (Phi) is 7.82. The lowest BCUT2D eigenvalue weighted by atomic mass is 10.1. The van der Waals surface area contributed by atoms with Crippen molar-refractivity contribution in [3.8, 4) is 0 Å². The van der Waals surface area contributed by atoms with Gasteiger partial charge >= 0.3 is 5.97 Å². The van der Waals surface area contributed by atoms with Crippen LogP contribution in [0.5, 0.6) is 0 Å². The standard InChI is InChI=1S/C22H29NO3/c1-19(24)25-14-15-26-22(2,3)18-23(16-20-10-6-4-7-11-20)17-21-12-8-5-9-13-21/h4-13H,14-18H2,1-3H3. The van der Waals surface area contributed by atoms with Crippen LogP contribution in [0.25, 0.3) is 0 Å². The zero-order valence-corrected chi connectivity index (χ0v) is 16.0. The summed E-state index contributed by atoms with van der Waals surface area (Å²) in [5.41, 5.74) is 2.21. The molecule has 0 bridgehead atoms. The molecule has 0 saturated carbocycles. The van der Waals surface area contributed by atoms with Crippen molar-refractivity contribution in [2.75, 3.05) is 19.8 Å². The fourth-order valence-corrected chi connectivity index (χ4v) is 2.94. The Bertz CT molecular complexity index is 614. The fourth-order valence-electron chi connectivity index (χ4n) is 2.94. The average molecular weight is 355 g/mol. The minimum Gasteiger partial charge on any atom is -0.463 e. The van der Waals surface area contributed by atoms with Crippen molar-refractivity contribution in [3.05, 3.63) is 71.8 Å². The highest BCUT2D eigenvalue weighted by Crippen LogP contribution is 2.17. The maximum absolute atomic E-state index is 10.9. The summed E-state index contributed by atoms with van der Waals surface area (Å²) in [6, 6.07) is 20.9. The quantitative estimate of drug-likeness (QED) is 0.476. The highest BCUT2D eigenvalue weighted by Gasteiger charge is 2.23. The minimum atomic E-state index is -0.344. The first-order valence-electron chi connectivity index (χ1n) is 9.02. The van der Waals surface area contributed by atoms with E-state index >= 15 is 0 Å². The van der Waals surface area contributed by atoms with Crippen LogP contribution in [0.3, 0.4) is 0 Å². The first-order chi connectivity index (χ1) is 12.4. The lowest BCUT2D eigenvalue weighted by molar-refractivity contribution is -0.145. The van der Waals surface area contributed by atoms with Gasteiger partial charge in [0.2, 0.25) is 0 Å². The first kappa shape index (κ1) is 20.1. The highest BCUT2D eigenvalue weighted by atomic mass is 16.6. The summed E-state index contributed by atoms with van der Waals surface area (Å²) < 4.78 is 10.9. The molecule has 2 aromatic rings. The highest BCUT2D eigenvalue weighted by molar-refractivity contribution is 5.65. The van der Waals surface area contributed by atoms with E-state index in [1.807, 2.05) is 12.1 Å². The normalized spacial score (nSPS) is 11.5. The van der Waals surface area contributed by atoms with E-state index in [1.54, 1.807) is 0 Å². The van der Waals surface area contributed by atoms with Gasteiger partial charge in [-0.05, 0) is 25.0 Å². The number of hydrogen-bond acceptors (Lipinski definition) is 4. The van der Waals surface area contributed by atoms with Crippen LogP contribution >= 0.6 is 0 Å². The number of ether oxygens (including phenoxy) is 2. The number of carbonyl (C=O) groups excluding carboxylic acids is 1. The maximum atomic E-state index is 10.9. The Labute approximate surface area is 156 Å². The van der Waals surface area contributed by atoms with Crippen molar-refractivity contribution in [1.29, 1.82) is 0 Å². The molecule has 0 aliphatic heterocycles. The van der Waals surface area contributed by atoms with E-state index in [0.717, 1.165) is 19.6 Å². The van der Waals surface area contributed by atoms with E-state index in [4.69, 9.17) is 9.47 Å². The first-order valence-corrected chi connectivity index (χ1v) is 9.02. The molecular weight excluding hydrogens is 326 g/mol. The molecule has 0 saturated heterocycles. The molecule has 0 aliphatic carbocycles. The Morgan fingerprint density at radius 2 is 1.38 bits per heavy atom. The van der Waals surface area contributed by atoms with Crippen LogP contribution in [0.15, 0.2) is 60.7 Å². The molecule has 0 aromatic heterocycles. The topological polar surface area (TPSA) is 38.8 Å². The van der Waals surface area contributed by atoms with Crippen molar-refractivity contribution in [2.45, 2.75) is 39.5 Å². The molecule has 4 heteroatoms. The molecular formula is C22H29NO3. The van der Waals surface area contributed by atoms with Gasteiger partial charge in [-0.2, -0.15) is 0 Å².